The average molecular weight is 508 g/mol. The van der Waals surface area contributed by atoms with Crippen LogP contribution in [0.3, 0.4) is 0 Å². The number of nitrogens with zero attached hydrogens (tertiary/aromatic N) is 2. The highest BCUT2D eigenvalue weighted by Crippen LogP contribution is 2.34. The van der Waals surface area contributed by atoms with Gasteiger partial charge in [0.1, 0.15) is 18.2 Å². The molecule has 3 aromatic carbocycles. The van der Waals surface area contributed by atoms with Gasteiger partial charge in [0, 0.05) is 11.4 Å². The second-order valence-electron chi connectivity index (χ2n) is 8.54. The standard InChI is InChI=1S/C26H26FN5O3S/c1-16-7-10-21(11-8-16)36(34,35)24-25(28)32(31-26(24)29-20-6-4-5-19(27)14-20)15-23(33)30-22-12-9-17(2)13-18(22)3/h4-14H,15,28H2,1-3H3,(H,29,31)(H,30,33). The van der Waals surface area contributed by atoms with Gasteiger partial charge in [-0.05, 0) is 62.7 Å². The Hall–Kier alpha value is -4.18. The van der Waals surface area contributed by atoms with Gasteiger partial charge in [-0.15, -0.1) is 0 Å². The average Bonchev–Trinajstić information content (AvgIpc) is 3.11. The minimum Gasteiger partial charge on any atom is -0.383 e. The zero-order valence-corrected chi connectivity index (χ0v) is 20.9. The Kier molecular flexibility index (Phi) is 6.80. The Balaban J connectivity index is 1.73. The number of benzene rings is 3. The highest BCUT2D eigenvalue weighted by Gasteiger charge is 2.30. The van der Waals surface area contributed by atoms with Crippen molar-refractivity contribution in [1.29, 1.82) is 0 Å². The number of aromatic nitrogens is 2. The predicted octanol–water partition coefficient (Wildman–Crippen LogP) is 4.74. The number of hydrogen-bond acceptors (Lipinski definition) is 6. The smallest absolute Gasteiger partial charge is 0.246 e. The van der Waals surface area contributed by atoms with Crippen LogP contribution in [-0.4, -0.2) is 24.1 Å². The van der Waals surface area contributed by atoms with Crippen LogP contribution in [0.15, 0.2) is 76.5 Å². The van der Waals surface area contributed by atoms with E-state index < -0.39 is 21.6 Å². The van der Waals surface area contributed by atoms with Crippen molar-refractivity contribution in [3.8, 4) is 0 Å². The van der Waals surface area contributed by atoms with Crippen LogP contribution in [0, 0.1) is 26.6 Å². The highest BCUT2D eigenvalue weighted by atomic mass is 32.2. The summed E-state index contributed by atoms with van der Waals surface area (Å²) in [5, 5.41) is 9.92. The third kappa shape index (κ3) is 5.23. The molecule has 0 saturated carbocycles. The number of carbonyl (C=O) groups excluding carboxylic acids is 1. The predicted molar refractivity (Wildman–Crippen MR) is 137 cm³/mol. The number of nitrogen functional groups attached to an aromatic ring is 1. The van der Waals surface area contributed by atoms with Crippen molar-refractivity contribution in [1.82, 2.24) is 9.78 Å². The van der Waals surface area contributed by atoms with Gasteiger partial charge in [0.05, 0.1) is 4.90 Å². The Labute approximate surface area is 208 Å². The zero-order valence-electron chi connectivity index (χ0n) is 20.0. The summed E-state index contributed by atoms with van der Waals surface area (Å²) >= 11 is 0. The molecule has 186 valence electrons. The maximum absolute atomic E-state index is 13.8. The van der Waals surface area contributed by atoms with Crippen LogP contribution in [0.5, 0.6) is 0 Å². The Morgan fingerprint density at radius 3 is 2.36 bits per heavy atom. The third-order valence-corrected chi connectivity index (χ3v) is 7.42. The number of hydrogen-bond donors (Lipinski definition) is 3. The molecule has 0 fully saturated rings. The van der Waals surface area contributed by atoms with Crippen molar-refractivity contribution >= 4 is 38.8 Å². The fraction of sp³-hybridized carbons (Fsp3) is 0.154. The molecule has 0 aliphatic heterocycles. The number of halogens is 1. The van der Waals surface area contributed by atoms with E-state index in [0.29, 0.717) is 5.69 Å². The molecule has 0 atom stereocenters. The first-order chi connectivity index (χ1) is 17.0. The first kappa shape index (κ1) is 24.9. The summed E-state index contributed by atoms with van der Waals surface area (Å²) in [4.78, 5) is 12.5. The lowest BCUT2D eigenvalue weighted by Crippen LogP contribution is -2.21. The van der Waals surface area contributed by atoms with Gasteiger partial charge in [0.2, 0.25) is 15.7 Å². The molecule has 0 unspecified atom stereocenters. The number of nitrogens with one attached hydrogen (secondary N) is 2. The van der Waals surface area contributed by atoms with E-state index in [0.717, 1.165) is 21.4 Å². The van der Waals surface area contributed by atoms with Crippen LogP contribution < -0.4 is 16.4 Å². The van der Waals surface area contributed by atoms with Gasteiger partial charge in [0.15, 0.2) is 10.7 Å². The Bertz CT molecular complexity index is 1550. The number of nitrogens with two attached hydrogens (primary N) is 1. The van der Waals surface area contributed by atoms with Gasteiger partial charge < -0.3 is 16.4 Å². The summed E-state index contributed by atoms with van der Waals surface area (Å²) in [6, 6.07) is 17.4. The first-order valence-corrected chi connectivity index (χ1v) is 12.6. The quantitative estimate of drug-likeness (QED) is 0.332. The molecule has 10 heteroatoms. The van der Waals surface area contributed by atoms with E-state index in [1.807, 2.05) is 32.9 Å². The van der Waals surface area contributed by atoms with E-state index in [9.17, 15) is 17.6 Å². The van der Waals surface area contributed by atoms with Crippen LogP contribution in [-0.2, 0) is 21.2 Å². The summed E-state index contributed by atoms with van der Waals surface area (Å²) in [7, 11) is -4.13. The number of anilines is 4. The van der Waals surface area contributed by atoms with Crippen LogP contribution >= 0.6 is 0 Å². The molecule has 1 heterocycles. The van der Waals surface area contributed by atoms with Crippen molar-refractivity contribution in [2.24, 2.45) is 0 Å². The summed E-state index contributed by atoms with van der Waals surface area (Å²) < 4.78 is 42.0. The molecule has 36 heavy (non-hydrogen) atoms. The van der Waals surface area contributed by atoms with E-state index in [1.54, 1.807) is 24.3 Å². The minimum atomic E-state index is -4.13. The Morgan fingerprint density at radius 1 is 1.00 bits per heavy atom. The molecule has 4 N–H and O–H groups in total. The van der Waals surface area contributed by atoms with Crippen LogP contribution in [0.4, 0.5) is 27.4 Å². The maximum atomic E-state index is 13.8. The van der Waals surface area contributed by atoms with E-state index in [2.05, 4.69) is 15.7 Å². The number of carbonyl (C=O) groups is 1. The summed E-state index contributed by atoms with van der Waals surface area (Å²) in [6.07, 6.45) is 0. The lowest BCUT2D eigenvalue weighted by molar-refractivity contribution is -0.116. The molecular formula is C26H26FN5O3S. The number of aryl methyl sites for hydroxylation is 3. The van der Waals surface area contributed by atoms with Gasteiger partial charge in [-0.25, -0.2) is 17.5 Å². The number of rotatable bonds is 7. The van der Waals surface area contributed by atoms with E-state index in [4.69, 9.17) is 5.73 Å². The second kappa shape index (κ2) is 9.82. The van der Waals surface area contributed by atoms with E-state index in [1.165, 1.54) is 30.3 Å². The Morgan fingerprint density at radius 2 is 1.69 bits per heavy atom. The topological polar surface area (TPSA) is 119 Å². The maximum Gasteiger partial charge on any atom is 0.246 e. The van der Waals surface area contributed by atoms with E-state index in [-0.39, 0.29) is 33.7 Å². The normalized spacial score (nSPS) is 11.3. The minimum absolute atomic E-state index is 0.0152. The van der Waals surface area contributed by atoms with Gasteiger partial charge in [-0.1, -0.05) is 41.5 Å². The SMILES string of the molecule is Cc1ccc(S(=O)(=O)c2c(Nc3cccc(F)c3)nn(CC(=O)Nc3ccc(C)cc3C)c2N)cc1. The van der Waals surface area contributed by atoms with Crippen molar-refractivity contribution < 1.29 is 17.6 Å². The van der Waals surface area contributed by atoms with Crippen LogP contribution in [0.25, 0.3) is 0 Å². The van der Waals surface area contributed by atoms with Gasteiger partial charge in [-0.2, -0.15) is 5.10 Å². The molecule has 0 radical (unpaired) electrons. The lowest BCUT2D eigenvalue weighted by atomic mass is 10.1. The molecule has 0 aliphatic rings. The molecule has 4 rings (SSSR count). The van der Waals surface area contributed by atoms with E-state index >= 15 is 0 Å². The highest BCUT2D eigenvalue weighted by molar-refractivity contribution is 7.91. The van der Waals surface area contributed by atoms with Crippen molar-refractivity contribution in [3.05, 3.63) is 89.2 Å². The van der Waals surface area contributed by atoms with Crippen molar-refractivity contribution in [2.75, 3.05) is 16.4 Å². The molecule has 0 bridgehead atoms. The molecule has 0 saturated heterocycles. The monoisotopic (exact) mass is 507 g/mol. The first-order valence-electron chi connectivity index (χ1n) is 11.1. The summed E-state index contributed by atoms with van der Waals surface area (Å²) in [5.74, 6) is -1.28. The zero-order chi connectivity index (χ0) is 26.0. The molecular weight excluding hydrogens is 481 g/mol. The molecule has 1 aromatic heterocycles. The molecule has 8 nitrogen and oxygen atoms in total. The van der Waals surface area contributed by atoms with Gasteiger partial charge in [-0.3, -0.25) is 4.79 Å². The lowest BCUT2D eigenvalue weighted by Gasteiger charge is -2.10. The molecule has 1 amide bonds. The second-order valence-corrected chi connectivity index (χ2v) is 10.4. The summed E-state index contributed by atoms with van der Waals surface area (Å²) in [6.45, 7) is 5.33. The van der Waals surface area contributed by atoms with Crippen LogP contribution in [0.1, 0.15) is 16.7 Å². The van der Waals surface area contributed by atoms with Crippen molar-refractivity contribution in [3.63, 3.8) is 0 Å². The largest absolute Gasteiger partial charge is 0.383 e. The number of sulfone groups is 1. The van der Waals surface area contributed by atoms with Crippen molar-refractivity contribution in [2.45, 2.75) is 37.1 Å². The summed E-state index contributed by atoms with van der Waals surface area (Å²) in [5.41, 5.74) is 9.99. The van der Waals surface area contributed by atoms with Crippen LogP contribution in [0.2, 0.25) is 0 Å². The molecule has 0 aliphatic carbocycles. The molecule has 0 spiro atoms. The van der Waals surface area contributed by atoms with Gasteiger partial charge in [0.25, 0.3) is 0 Å². The molecule has 4 aromatic rings. The fourth-order valence-electron chi connectivity index (χ4n) is 3.74. The van der Waals surface area contributed by atoms with Gasteiger partial charge >= 0.3 is 0 Å². The third-order valence-electron chi connectivity index (χ3n) is 5.58. The fourth-order valence-corrected chi connectivity index (χ4v) is 5.20. The number of amides is 1.